The third kappa shape index (κ3) is 3.77. The number of aliphatic hydroxyl groups excluding tert-OH is 1. The van der Waals surface area contributed by atoms with Crippen LogP contribution >= 0.6 is 0 Å². The molecule has 28 heavy (non-hydrogen) atoms. The number of methoxy groups -OCH3 is 1. The first-order valence-corrected chi connectivity index (χ1v) is 9.70. The monoisotopic (exact) mass is 388 g/mol. The topological polar surface area (TPSA) is 152 Å². The third-order valence-corrected chi connectivity index (χ3v) is 6.19. The Morgan fingerprint density at radius 3 is 2.64 bits per heavy atom. The van der Waals surface area contributed by atoms with Gasteiger partial charge in [0.15, 0.2) is 5.82 Å². The Kier molecular flexibility index (Phi) is 4.88. The van der Waals surface area contributed by atoms with E-state index in [9.17, 15) is 5.11 Å². The molecule has 2 unspecified atom stereocenters. The van der Waals surface area contributed by atoms with E-state index < -0.39 is 5.60 Å². The molecule has 0 saturated heterocycles. The van der Waals surface area contributed by atoms with Crippen molar-refractivity contribution in [3.8, 4) is 5.88 Å². The summed E-state index contributed by atoms with van der Waals surface area (Å²) < 4.78 is 5.28. The Bertz CT molecular complexity index is 795. The molecule has 0 aromatic carbocycles. The van der Waals surface area contributed by atoms with Crippen molar-refractivity contribution in [3.63, 3.8) is 0 Å². The summed E-state index contributed by atoms with van der Waals surface area (Å²) in [6.07, 6.45) is 6.30. The highest BCUT2D eigenvalue weighted by Crippen LogP contribution is 2.56. The molecule has 4 aliphatic rings. The number of aliphatic imine (C=N–C) groups is 1. The van der Waals surface area contributed by atoms with Gasteiger partial charge in [0.1, 0.15) is 5.84 Å². The Morgan fingerprint density at radius 2 is 2.04 bits per heavy atom. The molecule has 4 fully saturated rings. The highest BCUT2D eigenvalue weighted by Gasteiger charge is 2.54. The first kappa shape index (κ1) is 18.9. The molecule has 1 aromatic heterocycles. The Labute approximate surface area is 163 Å². The average molecular weight is 388 g/mol. The lowest BCUT2D eigenvalue weighted by molar-refractivity contribution is -0.129. The number of amidine groups is 1. The number of ether oxygens (including phenoxy) is 1. The lowest BCUT2D eigenvalue weighted by atomic mass is 9.52. The molecular weight excluding hydrogens is 360 g/mol. The van der Waals surface area contributed by atoms with Gasteiger partial charge in [0.2, 0.25) is 11.8 Å². The van der Waals surface area contributed by atoms with Crippen LogP contribution in [-0.2, 0) is 0 Å². The minimum Gasteiger partial charge on any atom is -0.481 e. The number of anilines is 1. The molecule has 9 nitrogen and oxygen atoms in total. The van der Waals surface area contributed by atoms with Crippen molar-refractivity contribution in [2.45, 2.75) is 43.7 Å². The molecule has 1 heterocycles. The summed E-state index contributed by atoms with van der Waals surface area (Å²) in [6.45, 7) is -0.298. The Balaban J connectivity index is 1.56. The number of aromatic nitrogens is 2. The van der Waals surface area contributed by atoms with Gasteiger partial charge in [-0.25, -0.2) is 4.99 Å². The van der Waals surface area contributed by atoms with Gasteiger partial charge in [-0.2, -0.15) is 9.97 Å². The molecular formula is C19H28N6O3. The molecule has 4 aliphatic carbocycles. The second kappa shape index (κ2) is 7.21. The van der Waals surface area contributed by atoms with Crippen molar-refractivity contribution in [1.29, 1.82) is 0 Å². The molecule has 152 valence electrons. The second-order valence-electron chi connectivity index (χ2n) is 8.37. The highest BCUT2D eigenvalue weighted by molar-refractivity contribution is 5.93. The first-order chi connectivity index (χ1) is 13.4. The molecule has 7 N–H and O–H groups in total. The molecule has 0 radical (unpaired) electrons. The maximum Gasteiger partial charge on any atom is 0.228 e. The standard InChI is InChI=1S/C19H28N6O3/c1-28-16-5-15(22-14(21)4-13(20)9-26)23-18(24-16)25-17-11-2-10-3-12(17)8-19(27,6-10)7-11/h4-5,10-12,17,26-27H,2-3,6-9,20H2,1H3,(H3,21,22,23,24,25)/b13-4-. The van der Waals surface area contributed by atoms with Crippen LogP contribution in [0, 0.1) is 17.8 Å². The van der Waals surface area contributed by atoms with Crippen LogP contribution < -0.4 is 21.5 Å². The van der Waals surface area contributed by atoms with Crippen LogP contribution in [0.15, 0.2) is 22.8 Å². The zero-order valence-electron chi connectivity index (χ0n) is 16.0. The van der Waals surface area contributed by atoms with Crippen LogP contribution in [-0.4, -0.2) is 51.4 Å². The molecule has 0 aliphatic heterocycles. The van der Waals surface area contributed by atoms with E-state index in [-0.39, 0.29) is 24.2 Å². The molecule has 4 saturated carbocycles. The van der Waals surface area contributed by atoms with Crippen molar-refractivity contribution >= 4 is 17.6 Å². The molecule has 5 rings (SSSR count). The zero-order valence-corrected chi connectivity index (χ0v) is 16.0. The fraction of sp³-hybridized carbons (Fsp3) is 0.632. The van der Waals surface area contributed by atoms with Crippen LogP contribution in [0.1, 0.15) is 32.1 Å². The summed E-state index contributed by atoms with van der Waals surface area (Å²) in [5.74, 6) is 2.78. The van der Waals surface area contributed by atoms with E-state index in [1.807, 2.05) is 0 Å². The number of hydrogen-bond acceptors (Lipinski definition) is 8. The Morgan fingerprint density at radius 1 is 1.32 bits per heavy atom. The van der Waals surface area contributed by atoms with Gasteiger partial charge in [-0.3, -0.25) is 0 Å². The van der Waals surface area contributed by atoms with E-state index in [2.05, 4.69) is 20.3 Å². The summed E-state index contributed by atoms with van der Waals surface area (Å²) in [6, 6.07) is 1.82. The number of nitrogens with one attached hydrogen (secondary N) is 1. The van der Waals surface area contributed by atoms with Crippen molar-refractivity contribution in [2.75, 3.05) is 19.0 Å². The van der Waals surface area contributed by atoms with Crippen molar-refractivity contribution in [2.24, 2.45) is 34.2 Å². The predicted molar refractivity (Wildman–Crippen MR) is 105 cm³/mol. The van der Waals surface area contributed by atoms with E-state index >= 15 is 0 Å². The van der Waals surface area contributed by atoms with Crippen LogP contribution in [0.3, 0.4) is 0 Å². The van der Waals surface area contributed by atoms with Crippen LogP contribution in [0.25, 0.3) is 0 Å². The number of rotatable bonds is 6. The van der Waals surface area contributed by atoms with Crippen LogP contribution in [0.5, 0.6) is 5.88 Å². The minimum atomic E-state index is -0.479. The fourth-order valence-electron chi connectivity index (χ4n) is 5.41. The van der Waals surface area contributed by atoms with E-state index in [1.165, 1.54) is 13.2 Å². The van der Waals surface area contributed by atoms with Gasteiger partial charge < -0.3 is 31.7 Å². The smallest absolute Gasteiger partial charge is 0.228 e. The normalized spacial score (nSPS) is 34.5. The summed E-state index contributed by atoms with van der Waals surface area (Å²) in [4.78, 5) is 13.1. The maximum absolute atomic E-state index is 10.8. The van der Waals surface area contributed by atoms with Gasteiger partial charge >= 0.3 is 0 Å². The van der Waals surface area contributed by atoms with E-state index in [0.29, 0.717) is 35.4 Å². The Hall–Kier alpha value is -2.39. The van der Waals surface area contributed by atoms with Crippen molar-refractivity contribution < 1.29 is 14.9 Å². The van der Waals surface area contributed by atoms with Crippen molar-refractivity contribution in [1.82, 2.24) is 9.97 Å². The first-order valence-electron chi connectivity index (χ1n) is 9.70. The summed E-state index contributed by atoms with van der Waals surface area (Å²) in [7, 11) is 1.53. The molecule has 9 heteroatoms. The highest BCUT2D eigenvalue weighted by atomic mass is 16.5. The summed E-state index contributed by atoms with van der Waals surface area (Å²) in [5.41, 5.74) is 11.2. The molecule has 0 spiro atoms. The van der Waals surface area contributed by atoms with Crippen LogP contribution in [0.2, 0.25) is 0 Å². The molecule has 2 atom stereocenters. The molecule has 1 aromatic rings. The third-order valence-electron chi connectivity index (χ3n) is 6.19. The fourth-order valence-corrected chi connectivity index (χ4v) is 5.41. The van der Waals surface area contributed by atoms with Gasteiger partial charge in [-0.1, -0.05) is 0 Å². The minimum absolute atomic E-state index is 0.134. The van der Waals surface area contributed by atoms with E-state index in [0.717, 1.165) is 32.1 Å². The number of nitrogens with two attached hydrogens (primary N) is 2. The van der Waals surface area contributed by atoms with E-state index in [1.54, 1.807) is 6.07 Å². The SMILES string of the molecule is COc1cc(N=C(N)/C=C(\N)CO)nc(NC2C3CC4CC2CC(O)(C4)C3)n1. The predicted octanol–water partition coefficient (Wildman–Crippen LogP) is 0.660. The average Bonchev–Trinajstić information content (AvgIpc) is 2.62. The van der Waals surface area contributed by atoms with Gasteiger partial charge in [0, 0.05) is 23.9 Å². The van der Waals surface area contributed by atoms with Crippen molar-refractivity contribution in [3.05, 3.63) is 17.8 Å². The number of hydrogen-bond donors (Lipinski definition) is 5. The quantitative estimate of drug-likeness (QED) is 0.352. The zero-order chi connectivity index (χ0) is 19.9. The van der Waals surface area contributed by atoms with Gasteiger partial charge in [-0.15, -0.1) is 0 Å². The van der Waals surface area contributed by atoms with Gasteiger partial charge in [-0.05, 0) is 49.9 Å². The molecule has 0 amide bonds. The maximum atomic E-state index is 10.8. The summed E-state index contributed by atoms with van der Waals surface area (Å²) in [5, 5.41) is 23.2. The number of nitrogens with zero attached hydrogens (tertiary/aromatic N) is 3. The largest absolute Gasteiger partial charge is 0.481 e. The second-order valence-corrected chi connectivity index (χ2v) is 8.37. The van der Waals surface area contributed by atoms with E-state index in [4.69, 9.17) is 21.3 Å². The van der Waals surface area contributed by atoms with Gasteiger partial charge in [0.25, 0.3) is 0 Å². The molecule has 4 bridgehead atoms. The van der Waals surface area contributed by atoms with Crippen LogP contribution in [0.4, 0.5) is 11.8 Å². The lowest BCUT2D eigenvalue weighted by Gasteiger charge is -2.58. The number of aliphatic hydroxyl groups is 2. The summed E-state index contributed by atoms with van der Waals surface area (Å²) >= 11 is 0. The van der Waals surface area contributed by atoms with Gasteiger partial charge in [0.05, 0.1) is 19.3 Å². The lowest BCUT2D eigenvalue weighted by Crippen LogP contribution is -2.59.